The van der Waals surface area contributed by atoms with Gasteiger partial charge < -0.3 is 9.13 Å². The summed E-state index contributed by atoms with van der Waals surface area (Å²) in [5, 5.41) is 24.4. The van der Waals surface area contributed by atoms with Crippen molar-refractivity contribution in [3.05, 3.63) is 199 Å². The zero-order valence-electron chi connectivity index (χ0n) is 32.0. The van der Waals surface area contributed by atoms with Crippen LogP contribution in [0.3, 0.4) is 0 Å². The molecule has 0 aliphatic heterocycles. The van der Waals surface area contributed by atoms with Crippen LogP contribution in [0, 0.1) is 22.7 Å². The third kappa shape index (κ3) is 5.69. The molecule has 0 aliphatic carbocycles. The molecule has 278 valence electrons. The lowest BCUT2D eigenvalue weighted by Crippen LogP contribution is -2.04. The molecule has 11 aromatic rings. The van der Waals surface area contributed by atoms with Gasteiger partial charge in [-0.05, 0) is 71.8 Å². The van der Waals surface area contributed by atoms with Gasteiger partial charge in [-0.1, -0.05) is 127 Å². The summed E-state index contributed by atoms with van der Waals surface area (Å²) < 4.78 is 4.46. The fraction of sp³-hybridized carbons (Fsp3) is 0. The molecule has 0 aliphatic rings. The van der Waals surface area contributed by atoms with Crippen molar-refractivity contribution in [3.8, 4) is 68.8 Å². The molecule has 0 amide bonds. The van der Waals surface area contributed by atoms with Gasteiger partial charge in [0.15, 0.2) is 17.5 Å². The van der Waals surface area contributed by atoms with Gasteiger partial charge in [0.2, 0.25) is 0 Å². The Hall–Kier alpha value is -8.65. The van der Waals surface area contributed by atoms with Gasteiger partial charge >= 0.3 is 0 Å². The van der Waals surface area contributed by atoms with Gasteiger partial charge in [0.1, 0.15) is 0 Å². The molecule has 0 atom stereocenters. The molecular weight excluding hydrogens is 735 g/mol. The Morgan fingerprint density at radius 2 is 0.817 bits per heavy atom. The first-order valence-electron chi connectivity index (χ1n) is 19.6. The van der Waals surface area contributed by atoms with Gasteiger partial charge in [-0.25, -0.2) is 15.0 Å². The van der Waals surface area contributed by atoms with Gasteiger partial charge in [-0.3, -0.25) is 0 Å². The molecule has 0 fully saturated rings. The third-order valence-corrected chi connectivity index (χ3v) is 11.2. The number of benzene rings is 8. The van der Waals surface area contributed by atoms with Crippen molar-refractivity contribution >= 4 is 43.6 Å². The molecule has 0 saturated carbocycles. The highest BCUT2D eigenvalue weighted by Crippen LogP contribution is 2.40. The first-order chi connectivity index (χ1) is 29.6. The Kier molecular flexibility index (Phi) is 8.11. The molecule has 0 radical (unpaired) electrons. The van der Waals surface area contributed by atoms with Crippen LogP contribution >= 0.6 is 0 Å². The summed E-state index contributed by atoms with van der Waals surface area (Å²) in [6.45, 7) is 0. The van der Waals surface area contributed by atoms with Crippen molar-refractivity contribution in [3.63, 3.8) is 0 Å². The lowest BCUT2D eigenvalue weighted by Gasteiger charge is -2.17. The van der Waals surface area contributed by atoms with Crippen molar-refractivity contribution in [2.24, 2.45) is 0 Å². The summed E-state index contributed by atoms with van der Waals surface area (Å²) in [7, 11) is 0. The molecule has 11 rings (SSSR count). The number of para-hydroxylation sites is 2. The number of fused-ring (bicyclic) bond motifs is 6. The van der Waals surface area contributed by atoms with E-state index in [1.165, 1.54) is 10.8 Å². The zero-order chi connectivity index (χ0) is 40.2. The van der Waals surface area contributed by atoms with E-state index in [1.807, 2.05) is 103 Å². The first kappa shape index (κ1) is 34.6. The molecule has 0 N–H and O–H groups in total. The van der Waals surface area contributed by atoms with Crippen LogP contribution in [-0.4, -0.2) is 24.1 Å². The number of hydrogen-bond donors (Lipinski definition) is 0. The average molecular weight is 766 g/mol. The molecule has 0 spiro atoms. The number of aromatic nitrogens is 5. The molecule has 60 heavy (non-hydrogen) atoms. The van der Waals surface area contributed by atoms with Crippen LogP contribution in [-0.2, 0) is 0 Å². The minimum Gasteiger partial charge on any atom is -0.309 e. The summed E-state index contributed by atoms with van der Waals surface area (Å²) in [5.41, 5.74) is 11.3. The van der Waals surface area contributed by atoms with E-state index in [9.17, 15) is 10.5 Å². The van der Waals surface area contributed by atoms with Gasteiger partial charge in [0, 0.05) is 43.9 Å². The molecule has 3 aromatic heterocycles. The summed E-state index contributed by atoms with van der Waals surface area (Å²) in [4.78, 5) is 15.4. The Morgan fingerprint density at radius 1 is 0.350 bits per heavy atom. The molecule has 7 heteroatoms. The van der Waals surface area contributed by atoms with Crippen molar-refractivity contribution in [2.45, 2.75) is 0 Å². The van der Waals surface area contributed by atoms with Crippen LogP contribution in [0.4, 0.5) is 0 Å². The highest BCUT2D eigenvalue weighted by Gasteiger charge is 2.22. The largest absolute Gasteiger partial charge is 0.309 e. The van der Waals surface area contributed by atoms with Crippen molar-refractivity contribution in [2.75, 3.05) is 0 Å². The zero-order valence-corrected chi connectivity index (χ0v) is 32.0. The minimum absolute atomic E-state index is 0.488. The van der Waals surface area contributed by atoms with Crippen molar-refractivity contribution in [1.82, 2.24) is 24.1 Å². The van der Waals surface area contributed by atoms with Crippen LogP contribution in [0.25, 0.3) is 100 Å². The summed E-state index contributed by atoms with van der Waals surface area (Å²) in [6, 6.07) is 68.1. The molecule has 0 saturated heterocycles. The third-order valence-electron chi connectivity index (χ3n) is 11.2. The standard InChI is InChI=1S/C53H31N7/c54-32-34-20-24-42-43-25-21-35(33-55)29-49(43)60(48(42)28-34)47-27-23-38(39-22-26-44-41-18-10-11-19-46(41)59(50(44)31-39)40-16-8-3-9-17-40)30-45(47)53-57-51(36-12-4-1-5-13-36)56-52(58-53)37-14-6-2-7-15-37/h1-31H. The quantitative estimate of drug-likeness (QED) is 0.168. The fourth-order valence-corrected chi connectivity index (χ4v) is 8.44. The Balaban J connectivity index is 1.22. The Labute approximate surface area is 345 Å². The smallest absolute Gasteiger partial charge is 0.166 e. The van der Waals surface area contributed by atoms with Crippen LogP contribution in [0.5, 0.6) is 0 Å². The highest BCUT2D eigenvalue weighted by molar-refractivity contribution is 6.11. The van der Waals surface area contributed by atoms with Crippen LogP contribution in [0.15, 0.2) is 188 Å². The Morgan fingerprint density at radius 3 is 1.42 bits per heavy atom. The van der Waals surface area contributed by atoms with Crippen LogP contribution in [0.1, 0.15) is 11.1 Å². The molecule has 0 unspecified atom stereocenters. The maximum Gasteiger partial charge on any atom is 0.166 e. The van der Waals surface area contributed by atoms with Gasteiger partial charge in [0.05, 0.1) is 51.0 Å². The van der Waals surface area contributed by atoms with Gasteiger partial charge in [-0.2, -0.15) is 10.5 Å². The normalized spacial score (nSPS) is 11.3. The number of nitriles is 2. The van der Waals surface area contributed by atoms with E-state index in [2.05, 4.69) is 106 Å². The monoisotopic (exact) mass is 765 g/mol. The second-order valence-corrected chi connectivity index (χ2v) is 14.7. The molecule has 3 heterocycles. The van der Waals surface area contributed by atoms with Gasteiger partial charge in [-0.15, -0.1) is 0 Å². The molecule has 7 nitrogen and oxygen atoms in total. The van der Waals surface area contributed by atoms with Crippen molar-refractivity contribution in [1.29, 1.82) is 10.5 Å². The summed E-state index contributed by atoms with van der Waals surface area (Å²) in [5.74, 6) is 1.58. The fourth-order valence-electron chi connectivity index (χ4n) is 8.44. The van der Waals surface area contributed by atoms with E-state index in [1.54, 1.807) is 0 Å². The Bertz CT molecular complexity index is 3430. The predicted molar refractivity (Wildman–Crippen MR) is 240 cm³/mol. The lowest BCUT2D eigenvalue weighted by atomic mass is 9.99. The van der Waals surface area contributed by atoms with E-state index in [0.29, 0.717) is 28.6 Å². The summed E-state index contributed by atoms with van der Waals surface area (Å²) >= 11 is 0. The summed E-state index contributed by atoms with van der Waals surface area (Å²) in [6.07, 6.45) is 0. The molecule has 0 bridgehead atoms. The number of rotatable bonds is 6. The predicted octanol–water partition coefficient (Wildman–Crippen LogP) is 12.5. The first-order valence-corrected chi connectivity index (χ1v) is 19.6. The number of nitrogens with zero attached hydrogens (tertiary/aromatic N) is 7. The second kappa shape index (κ2) is 14.1. The van der Waals surface area contributed by atoms with Crippen LogP contribution < -0.4 is 0 Å². The topological polar surface area (TPSA) is 96.1 Å². The van der Waals surface area contributed by atoms with E-state index < -0.39 is 0 Å². The maximum atomic E-state index is 10.1. The second-order valence-electron chi connectivity index (χ2n) is 14.7. The molecular formula is C53H31N7. The van der Waals surface area contributed by atoms with Crippen molar-refractivity contribution < 1.29 is 0 Å². The maximum absolute atomic E-state index is 10.1. The van der Waals surface area contributed by atoms with E-state index in [0.717, 1.165) is 72.0 Å². The number of hydrogen-bond acceptors (Lipinski definition) is 5. The average Bonchev–Trinajstić information content (AvgIpc) is 3.83. The SMILES string of the molecule is N#Cc1ccc2c3ccc(C#N)cc3n(-c3ccc(-c4ccc5c6ccccc6n(-c6ccccc6)c5c4)cc3-c3nc(-c4ccccc4)nc(-c4ccccc4)n3)c2c1. The van der Waals surface area contributed by atoms with E-state index >= 15 is 0 Å². The minimum atomic E-state index is 0.488. The van der Waals surface area contributed by atoms with E-state index in [-0.39, 0.29) is 0 Å². The van der Waals surface area contributed by atoms with Gasteiger partial charge in [0.25, 0.3) is 0 Å². The highest BCUT2D eigenvalue weighted by atomic mass is 15.1. The molecule has 8 aromatic carbocycles. The lowest BCUT2D eigenvalue weighted by molar-refractivity contribution is 1.06. The van der Waals surface area contributed by atoms with E-state index in [4.69, 9.17) is 15.0 Å². The van der Waals surface area contributed by atoms with Crippen LogP contribution in [0.2, 0.25) is 0 Å².